The van der Waals surface area contributed by atoms with Gasteiger partial charge in [0.05, 0.1) is 24.7 Å². The van der Waals surface area contributed by atoms with E-state index < -0.39 is 6.36 Å². The lowest BCUT2D eigenvalue weighted by Crippen LogP contribution is -2.37. The first kappa shape index (κ1) is 23.9. The van der Waals surface area contributed by atoms with E-state index >= 15 is 0 Å². The monoisotopic (exact) mass is 493 g/mol. The number of aryl methyl sites for hydroxylation is 1. The lowest BCUT2D eigenvalue weighted by molar-refractivity contribution is -0.274. The molecule has 0 radical (unpaired) electrons. The Hall–Kier alpha value is -3.25. The van der Waals surface area contributed by atoms with Gasteiger partial charge in [0.1, 0.15) is 5.75 Å². The van der Waals surface area contributed by atoms with E-state index in [1.54, 1.807) is 0 Å². The number of ether oxygens (including phenoxy) is 2. The standard InChI is InChI=1S/C22H22F3N5O3S/c1-15-2-6-17(7-3-15)30-20(29-10-12-32-13-11-29)27-28-21(30)34-14-19(31)26-16-4-8-18(9-5-16)33-22(23,24)25/h2-9H,10-14H2,1H3,(H,26,31). The first-order valence-electron chi connectivity index (χ1n) is 10.4. The van der Waals surface area contributed by atoms with Crippen LogP contribution in [0.15, 0.2) is 53.7 Å². The highest BCUT2D eigenvalue weighted by Gasteiger charge is 2.31. The second-order valence-electron chi connectivity index (χ2n) is 7.46. The molecule has 4 rings (SSSR count). The Morgan fingerprint density at radius 3 is 2.41 bits per heavy atom. The lowest BCUT2D eigenvalue weighted by atomic mass is 10.2. The van der Waals surface area contributed by atoms with Gasteiger partial charge < -0.3 is 19.7 Å². The van der Waals surface area contributed by atoms with E-state index in [0.29, 0.717) is 43.1 Å². The third-order valence-corrected chi connectivity index (χ3v) is 5.84. The molecule has 1 saturated heterocycles. The summed E-state index contributed by atoms with van der Waals surface area (Å²) in [6, 6.07) is 12.9. The number of carbonyl (C=O) groups excluding carboxylic acids is 1. The van der Waals surface area contributed by atoms with Crippen molar-refractivity contribution in [1.29, 1.82) is 0 Å². The van der Waals surface area contributed by atoms with Crippen molar-refractivity contribution in [3.8, 4) is 11.4 Å². The average Bonchev–Trinajstić information content (AvgIpc) is 3.23. The molecule has 1 N–H and O–H groups in total. The molecule has 0 saturated carbocycles. The number of aromatic nitrogens is 3. The molecule has 0 atom stereocenters. The number of halogens is 3. The van der Waals surface area contributed by atoms with Gasteiger partial charge in [-0.25, -0.2) is 0 Å². The quantitative estimate of drug-likeness (QED) is 0.498. The Kier molecular flexibility index (Phi) is 7.27. The number of benzene rings is 2. The number of morpholine rings is 1. The van der Waals surface area contributed by atoms with Crippen LogP contribution in [-0.4, -0.2) is 59.1 Å². The molecule has 3 aromatic rings. The maximum Gasteiger partial charge on any atom is 0.573 e. The van der Waals surface area contributed by atoms with E-state index in [2.05, 4.69) is 25.2 Å². The summed E-state index contributed by atoms with van der Waals surface area (Å²) in [5.41, 5.74) is 2.35. The Morgan fingerprint density at radius 2 is 1.76 bits per heavy atom. The zero-order valence-corrected chi connectivity index (χ0v) is 19.0. The van der Waals surface area contributed by atoms with Crippen LogP contribution in [0, 0.1) is 6.92 Å². The fourth-order valence-corrected chi connectivity index (χ4v) is 4.06. The molecule has 180 valence electrons. The minimum Gasteiger partial charge on any atom is -0.406 e. The minimum absolute atomic E-state index is 0.0356. The molecule has 0 bridgehead atoms. The number of nitrogens with one attached hydrogen (secondary N) is 1. The number of alkyl halides is 3. The Morgan fingerprint density at radius 1 is 1.09 bits per heavy atom. The van der Waals surface area contributed by atoms with E-state index in [1.807, 2.05) is 35.8 Å². The Bertz CT molecular complexity index is 1110. The van der Waals surface area contributed by atoms with Crippen molar-refractivity contribution in [3.05, 3.63) is 54.1 Å². The summed E-state index contributed by atoms with van der Waals surface area (Å²) in [6.07, 6.45) is -4.77. The summed E-state index contributed by atoms with van der Waals surface area (Å²) in [4.78, 5) is 14.6. The third-order valence-electron chi connectivity index (χ3n) is 4.91. The summed E-state index contributed by atoms with van der Waals surface area (Å²) in [7, 11) is 0. The number of thioether (sulfide) groups is 1. The van der Waals surface area contributed by atoms with Crippen LogP contribution in [0.25, 0.3) is 5.69 Å². The van der Waals surface area contributed by atoms with Gasteiger partial charge in [-0.15, -0.1) is 23.4 Å². The second-order valence-corrected chi connectivity index (χ2v) is 8.40. The van der Waals surface area contributed by atoms with Gasteiger partial charge in [0.25, 0.3) is 0 Å². The van der Waals surface area contributed by atoms with Crippen LogP contribution in [0.2, 0.25) is 0 Å². The summed E-state index contributed by atoms with van der Waals surface area (Å²) >= 11 is 1.22. The van der Waals surface area contributed by atoms with Gasteiger partial charge in [-0.05, 0) is 43.3 Å². The predicted octanol–water partition coefficient (Wildman–Crippen LogP) is 4.04. The molecule has 1 aromatic heterocycles. The van der Waals surface area contributed by atoms with E-state index in [0.717, 1.165) is 23.4 Å². The van der Waals surface area contributed by atoms with Gasteiger partial charge in [-0.3, -0.25) is 9.36 Å². The Balaban J connectivity index is 1.45. The molecule has 1 amide bonds. The number of amides is 1. The summed E-state index contributed by atoms with van der Waals surface area (Å²) in [5.74, 6) is 0.0198. The van der Waals surface area contributed by atoms with Crippen molar-refractivity contribution >= 4 is 29.3 Å². The maximum absolute atomic E-state index is 12.5. The highest BCUT2D eigenvalue weighted by Crippen LogP contribution is 2.28. The molecule has 1 aliphatic rings. The summed E-state index contributed by atoms with van der Waals surface area (Å²) in [5, 5.41) is 11.9. The number of nitrogens with zero attached hydrogens (tertiary/aromatic N) is 4. The molecule has 2 aromatic carbocycles. The fraction of sp³-hybridized carbons (Fsp3) is 0.318. The van der Waals surface area contributed by atoms with Crippen molar-refractivity contribution in [2.45, 2.75) is 18.4 Å². The van der Waals surface area contributed by atoms with Crippen LogP contribution in [-0.2, 0) is 9.53 Å². The smallest absolute Gasteiger partial charge is 0.406 e. The van der Waals surface area contributed by atoms with E-state index in [9.17, 15) is 18.0 Å². The number of hydrogen-bond donors (Lipinski definition) is 1. The van der Waals surface area contributed by atoms with Gasteiger partial charge in [0.2, 0.25) is 11.9 Å². The molecule has 1 aliphatic heterocycles. The van der Waals surface area contributed by atoms with Crippen molar-refractivity contribution in [2.24, 2.45) is 0 Å². The number of rotatable bonds is 7. The summed E-state index contributed by atoms with van der Waals surface area (Å²) in [6.45, 7) is 4.56. The normalized spacial score (nSPS) is 14.2. The topological polar surface area (TPSA) is 81.5 Å². The number of anilines is 2. The molecule has 0 spiro atoms. The van der Waals surface area contributed by atoms with Gasteiger partial charge in [-0.1, -0.05) is 29.5 Å². The second kappa shape index (κ2) is 10.3. The van der Waals surface area contributed by atoms with Crippen molar-refractivity contribution in [3.63, 3.8) is 0 Å². The Labute approximate surface area is 198 Å². The number of carbonyl (C=O) groups is 1. The van der Waals surface area contributed by atoms with Crippen LogP contribution in [0.3, 0.4) is 0 Å². The van der Waals surface area contributed by atoms with Crippen LogP contribution in [0.4, 0.5) is 24.8 Å². The van der Waals surface area contributed by atoms with Crippen LogP contribution in [0.5, 0.6) is 5.75 Å². The molecule has 12 heteroatoms. The SMILES string of the molecule is Cc1ccc(-n2c(SCC(=O)Nc3ccc(OC(F)(F)F)cc3)nnc2N2CCOCC2)cc1. The van der Waals surface area contributed by atoms with Crippen LogP contribution < -0.4 is 15.0 Å². The van der Waals surface area contributed by atoms with Gasteiger partial charge in [-0.2, -0.15) is 0 Å². The maximum atomic E-state index is 12.5. The first-order valence-corrected chi connectivity index (χ1v) is 11.4. The zero-order chi connectivity index (χ0) is 24.1. The highest BCUT2D eigenvalue weighted by molar-refractivity contribution is 7.99. The minimum atomic E-state index is -4.77. The molecule has 0 aliphatic carbocycles. The molecule has 34 heavy (non-hydrogen) atoms. The first-order chi connectivity index (χ1) is 16.3. The van der Waals surface area contributed by atoms with Gasteiger partial charge in [0, 0.05) is 18.8 Å². The fourth-order valence-electron chi connectivity index (χ4n) is 3.31. The number of hydrogen-bond acceptors (Lipinski definition) is 7. The zero-order valence-electron chi connectivity index (χ0n) is 18.2. The van der Waals surface area contributed by atoms with Crippen molar-refractivity contribution in [2.75, 3.05) is 42.3 Å². The average molecular weight is 494 g/mol. The van der Waals surface area contributed by atoms with E-state index in [1.165, 1.54) is 23.9 Å². The lowest BCUT2D eigenvalue weighted by Gasteiger charge is -2.27. The van der Waals surface area contributed by atoms with E-state index in [4.69, 9.17) is 4.74 Å². The van der Waals surface area contributed by atoms with E-state index in [-0.39, 0.29) is 17.4 Å². The molecular weight excluding hydrogens is 471 g/mol. The largest absolute Gasteiger partial charge is 0.573 e. The molecular formula is C22H22F3N5O3S. The predicted molar refractivity (Wildman–Crippen MR) is 122 cm³/mol. The molecule has 0 unspecified atom stereocenters. The summed E-state index contributed by atoms with van der Waals surface area (Å²) < 4.78 is 48.1. The highest BCUT2D eigenvalue weighted by atomic mass is 32.2. The van der Waals surface area contributed by atoms with Crippen LogP contribution >= 0.6 is 11.8 Å². The van der Waals surface area contributed by atoms with Gasteiger partial charge >= 0.3 is 6.36 Å². The molecule has 1 fully saturated rings. The van der Waals surface area contributed by atoms with Crippen LogP contribution in [0.1, 0.15) is 5.56 Å². The van der Waals surface area contributed by atoms with Gasteiger partial charge in [0.15, 0.2) is 5.16 Å². The van der Waals surface area contributed by atoms with Crippen molar-refractivity contribution < 1.29 is 27.4 Å². The van der Waals surface area contributed by atoms with Crippen molar-refractivity contribution in [1.82, 2.24) is 14.8 Å². The molecule has 8 nitrogen and oxygen atoms in total. The molecule has 2 heterocycles. The third kappa shape index (κ3) is 6.20.